The summed E-state index contributed by atoms with van der Waals surface area (Å²) in [5.41, 5.74) is 0. The molecule has 6 heavy (non-hydrogen) atoms. The lowest BCUT2D eigenvalue weighted by atomic mass is 10.6. The van der Waals surface area contributed by atoms with Gasteiger partial charge in [0.25, 0.3) is 0 Å². The van der Waals surface area contributed by atoms with Gasteiger partial charge in [-0.25, -0.2) is 0 Å². The third kappa shape index (κ3) is 4.43. The second-order valence-electron chi connectivity index (χ2n) is 1.26. The Morgan fingerprint density at radius 2 is 2.00 bits per heavy atom. The van der Waals surface area contributed by atoms with Gasteiger partial charge in [0.15, 0.2) is 0 Å². The maximum Gasteiger partial charge on any atom is -0.0290 e. The lowest BCUT2D eigenvalue weighted by Gasteiger charge is -1.85. The molecule has 0 nitrogen and oxygen atoms in total. The average molecular weight is 103 g/mol. The highest BCUT2D eigenvalue weighted by Gasteiger charge is 1.75. The molecule has 37 valence electrons. The van der Waals surface area contributed by atoms with E-state index in [4.69, 9.17) is 0 Å². The summed E-state index contributed by atoms with van der Waals surface area (Å²) in [5.74, 6) is 0. The highest BCUT2D eigenvalue weighted by Crippen LogP contribution is 2.07. The topological polar surface area (TPSA) is 0 Å². The fraction of sp³-hybridized carbons (Fsp3) is 1.00. The Labute approximate surface area is 42.1 Å². The van der Waals surface area contributed by atoms with Crippen molar-refractivity contribution in [3.05, 3.63) is 0 Å². The molecular weight excluding hydrogens is 91.0 g/mol. The van der Waals surface area contributed by atoms with E-state index >= 15 is 0 Å². The van der Waals surface area contributed by atoms with E-state index in [1.165, 1.54) is 18.7 Å². The fourth-order valence-electron chi connectivity index (χ4n) is 0.316. The first-order valence-electron chi connectivity index (χ1n) is 2.55. The SMILES string of the molecule is CCC[P]CC. The van der Waals surface area contributed by atoms with E-state index in [0.717, 1.165) is 0 Å². The van der Waals surface area contributed by atoms with Crippen LogP contribution in [-0.4, -0.2) is 12.3 Å². The first-order valence-corrected chi connectivity index (χ1v) is 3.81. The van der Waals surface area contributed by atoms with Crippen LogP contribution in [0.25, 0.3) is 0 Å². The van der Waals surface area contributed by atoms with Crippen molar-refractivity contribution in [3.8, 4) is 0 Å². The molecule has 0 aromatic heterocycles. The van der Waals surface area contributed by atoms with Crippen molar-refractivity contribution >= 4 is 8.58 Å². The number of hydrogen-bond acceptors (Lipinski definition) is 0. The van der Waals surface area contributed by atoms with Crippen molar-refractivity contribution in [2.75, 3.05) is 12.3 Å². The van der Waals surface area contributed by atoms with Crippen LogP contribution in [0.2, 0.25) is 0 Å². The standard InChI is InChI=1S/C5H12P/c1-3-5-6-4-2/h3-5H2,1-2H3. The molecular formula is C5H12P. The van der Waals surface area contributed by atoms with Gasteiger partial charge in [0.1, 0.15) is 0 Å². The van der Waals surface area contributed by atoms with Gasteiger partial charge in [-0.2, -0.15) is 0 Å². The fourth-order valence-corrected chi connectivity index (χ4v) is 0.949. The Morgan fingerprint density at radius 1 is 1.33 bits per heavy atom. The van der Waals surface area contributed by atoms with E-state index in [9.17, 15) is 0 Å². The first kappa shape index (κ1) is 6.43. The molecule has 1 heteroatoms. The summed E-state index contributed by atoms with van der Waals surface area (Å²) in [4.78, 5) is 0. The summed E-state index contributed by atoms with van der Waals surface area (Å²) in [6, 6.07) is 0. The molecule has 0 unspecified atom stereocenters. The van der Waals surface area contributed by atoms with Gasteiger partial charge in [0.2, 0.25) is 0 Å². The van der Waals surface area contributed by atoms with Crippen molar-refractivity contribution in [1.29, 1.82) is 0 Å². The van der Waals surface area contributed by atoms with E-state index < -0.39 is 0 Å². The second-order valence-corrected chi connectivity index (χ2v) is 2.79. The second kappa shape index (κ2) is 5.43. The van der Waals surface area contributed by atoms with E-state index in [0.29, 0.717) is 0 Å². The minimum Gasteiger partial charge on any atom is -0.0813 e. The maximum absolute atomic E-state index is 2.22. The summed E-state index contributed by atoms with van der Waals surface area (Å²) in [5, 5.41) is 0. The van der Waals surface area contributed by atoms with Gasteiger partial charge < -0.3 is 0 Å². The molecule has 0 aromatic carbocycles. The van der Waals surface area contributed by atoms with Crippen LogP contribution in [-0.2, 0) is 0 Å². The van der Waals surface area contributed by atoms with E-state index in [1.807, 2.05) is 0 Å². The molecule has 0 rings (SSSR count). The zero-order chi connectivity index (χ0) is 4.83. The Bertz CT molecular complexity index is 15.9. The quantitative estimate of drug-likeness (QED) is 0.380. The van der Waals surface area contributed by atoms with Crippen LogP contribution in [0.15, 0.2) is 0 Å². The number of rotatable bonds is 3. The third-order valence-corrected chi connectivity index (χ3v) is 1.82. The summed E-state index contributed by atoms with van der Waals surface area (Å²) >= 11 is 0. The van der Waals surface area contributed by atoms with Crippen molar-refractivity contribution in [2.24, 2.45) is 0 Å². The normalized spacial score (nSPS) is 11.0. The predicted molar refractivity (Wildman–Crippen MR) is 32.6 cm³/mol. The molecule has 0 saturated carbocycles. The van der Waals surface area contributed by atoms with E-state index in [1.54, 1.807) is 8.58 Å². The molecule has 1 radical (unpaired) electrons. The van der Waals surface area contributed by atoms with Gasteiger partial charge in [0, 0.05) is 0 Å². The highest BCUT2D eigenvalue weighted by molar-refractivity contribution is 7.37. The van der Waals surface area contributed by atoms with Crippen molar-refractivity contribution in [1.82, 2.24) is 0 Å². The van der Waals surface area contributed by atoms with Crippen molar-refractivity contribution in [2.45, 2.75) is 20.3 Å². The maximum atomic E-state index is 2.22. The van der Waals surface area contributed by atoms with Gasteiger partial charge in [-0.3, -0.25) is 0 Å². The molecule has 0 bridgehead atoms. The minimum absolute atomic E-state index is 1.33. The van der Waals surface area contributed by atoms with Gasteiger partial charge in [-0.15, -0.1) is 0 Å². The summed E-state index contributed by atoms with van der Waals surface area (Å²) in [6.07, 6.45) is 4.06. The lowest BCUT2D eigenvalue weighted by Crippen LogP contribution is -1.68. The Balaban J connectivity index is 2.34. The summed E-state index contributed by atoms with van der Waals surface area (Å²) in [7, 11) is 1.61. The van der Waals surface area contributed by atoms with Crippen LogP contribution < -0.4 is 0 Å². The van der Waals surface area contributed by atoms with Crippen LogP contribution in [0, 0.1) is 0 Å². The van der Waals surface area contributed by atoms with Gasteiger partial charge >= 0.3 is 0 Å². The van der Waals surface area contributed by atoms with Crippen LogP contribution >= 0.6 is 8.58 Å². The zero-order valence-electron chi connectivity index (χ0n) is 4.57. The first-order chi connectivity index (χ1) is 2.91. The molecule has 0 amide bonds. The Kier molecular flexibility index (Phi) is 5.82. The molecule has 0 atom stereocenters. The van der Waals surface area contributed by atoms with E-state index in [-0.39, 0.29) is 0 Å². The van der Waals surface area contributed by atoms with Crippen molar-refractivity contribution < 1.29 is 0 Å². The molecule has 0 fully saturated rings. The molecule has 0 saturated heterocycles. The zero-order valence-corrected chi connectivity index (χ0v) is 5.46. The smallest absolute Gasteiger partial charge is 0.0290 e. The largest absolute Gasteiger partial charge is 0.0813 e. The van der Waals surface area contributed by atoms with Gasteiger partial charge in [-0.1, -0.05) is 28.8 Å². The van der Waals surface area contributed by atoms with E-state index in [2.05, 4.69) is 13.8 Å². The Hall–Kier alpha value is 0.430. The summed E-state index contributed by atoms with van der Waals surface area (Å²) in [6.45, 7) is 4.44. The highest BCUT2D eigenvalue weighted by atomic mass is 31.1. The van der Waals surface area contributed by atoms with Crippen LogP contribution in [0.4, 0.5) is 0 Å². The van der Waals surface area contributed by atoms with Crippen LogP contribution in [0.1, 0.15) is 20.3 Å². The molecule has 0 aromatic rings. The molecule has 0 spiro atoms. The predicted octanol–water partition coefficient (Wildman–Crippen LogP) is 2.36. The molecule has 0 aliphatic heterocycles. The van der Waals surface area contributed by atoms with Crippen LogP contribution in [0.5, 0.6) is 0 Å². The monoisotopic (exact) mass is 103 g/mol. The summed E-state index contributed by atoms with van der Waals surface area (Å²) < 4.78 is 0. The van der Waals surface area contributed by atoms with Crippen molar-refractivity contribution in [3.63, 3.8) is 0 Å². The van der Waals surface area contributed by atoms with Gasteiger partial charge in [-0.05, 0) is 12.3 Å². The minimum atomic E-state index is 1.33. The van der Waals surface area contributed by atoms with Gasteiger partial charge in [0.05, 0.1) is 0 Å². The Morgan fingerprint density at radius 3 is 2.17 bits per heavy atom. The molecule has 0 heterocycles. The molecule has 0 N–H and O–H groups in total. The molecule has 0 aliphatic carbocycles. The lowest BCUT2D eigenvalue weighted by molar-refractivity contribution is 1.10. The number of hydrogen-bond donors (Lipinski definition) is 0. The third-order valence-electron chi connectivity index (χ3n) is 0.605. The average Bonchev–Trinajstić information content (AvgIpc) is 1.61. The molecule has 0 aliphatic rings. The van der Waals surface area contributed by atoms with Crippen LogP contribution in [0.3, 0.4) is 0 Å².